The number of aryl methyl sites for hydroxylation is 1. The van der Waals surface area contributed by atoms with Crippen LogP contribution in [-0.2, 0) is 20.1 Å². The molecule has 0 atom stereocenters. The SMILES string of the molecule is CCCCNC(=O)c1ccc(CNC(=NC)N(C)Cc2cc(Cl)cn2C)cc1. The van der Waals surface area contributed by atoms with Crippen LogP contribution >= 0.6 is 11.6 Å². The van der Waals surface area contributed by atoms with Crippen molar-refractivity contribution in [2.75, 3.05) is 20.6 Å². The van der Waals surface area contributed by atoms with Crippen LogP contribution in [0.3, 0.4) is 0 Å². The first-order valence-electron chi connectivity index (χ1n) is 9.54. The molecule has 7 heteroatoms. The van der Waals surface area contributed by atoms with Crippen molar-refractivity contribution in [2.24, 2.45) is 12.0 Å². The average molecular weight is 404 g/mol. The van der Waals surface area contributed by atoms with E-state index >= 15 is 0 Å². The molecular weight excluding hydrogens is 374 g/mol. The number of aliphatic imine (C=N–C) groups is 1. The van der Waals surface area contributed by atoms with Crippen LogP contribution < -0.4 is 10.6 Å². The number of guanidine groups is 1. The van der Waals surface area contributed by atoms with Crippen molar-refractivity contribution in [3.63, 3.8) is 0 Å². The van der Waals surface area contributed by atoms with E-state index in [1.807, 2.05) is 60.1 Å². The van der Waals surface area contributed by atoms with Gasteiger partial charge in [0.05, 0.1) is 11.6 Å². The van der Waals surface area contributed by atoms with Crippen LogP contribution in [0.1, 0.15) is 41.4 Å². The van der Waals surface area contributed by atoms with Gasteiger partial charge >= 0.3 is 0 Å². The third kappa shape index (κ3) is 6.30. The zero-order chi connectivity index (χ0) is 20.5. The predicted octanol–water partition coefficient (Wildman–Crippen LogP) is 3.42. The van der Waals surface area contributed by atoms with Gasteiger partial charge in [-0.25, -0.2) is 0 Å². The van der Waals surface area contributed by atoms with Gasteiger partial charge < -0.3 is 20.1 Å². The molecule has 2 N–H and O–H groups in total. The van der Waals surface area contributed by atoms with Crippen LogP contribution in [0.2, 0.25) is 5.02 Å². The third-order valence-electron chi connectivity index (χ3n) is 4.53. The molecular formula is C21H30ClN5O. The number of carbonyl (C=O) groups excluding carboxylic acids is 1. The largest absolute Gasteiger partial charge is 0.352 e. The van der Waals surface area contributed by atoms with Crippen molar-refractivity contribution in [1.29, 1.82) is 0 Å². The highest BCUT2D eigenvalue weighted by molar-refractivity contribution is 6.30. The van der Waals surface area contributed by atoms with Crippen LogP contribution in [0, 0.1) is 0 Å². The van der Waals surface area contributed by atoms with Crippen LogP contribution in [0.4, 0.5) is 0 Å². The Labute approximate surface area is 172 Å². The number of halogens is 1. The monoisotopic (exact) mass is 403 g/mol. The molecule has 1 amide bonds. The number of hydrogen-bond donors (Lipinski definition) is 2. The molecule has 0 spiro atoms. The minimum absolute atomic E-state index is 0.0234. The molecule has 1 aromatic heterocycles. The Hall–Kier alpha value is -2.47. The summed E-state index contributed by atoms with van der Waals surface area (Å²) in [7, 11) is 5.73. The van der Waals surface area contributed by atoms with Crippen molar-refractivity contribution < 1.29 is 4.79 Å². The summed E-state index contributed by atoms with van der Waals surface area (Å²) in [6.07, 6.45) is 3.95. The number of unbranched alkanes of at least 4 members (excludes halogenated alkanes) is 1. The molecule has 0 unspecified atom stereocenters. The van der Waals surface area contributed by atoms with Gasteiger partial charge in [0.2, 0.25) is 0 Å². The topological polar surface area (TPSA) is 61.7 Å². The Morgan fingerprint density at radius 2 is 1.96 bits per heavy atom. The number of benzene rings is 1. The third-order valence-corrected chi connectivity index (χ3v) is 4.74. The molecule has 0 saturated heterocycles. The lowest BCUT2D eigenvalue weighted by Crippen LogP contribution is -2.38. The lowest BCUT2D eigenvalue weighted by Gasteiger charge is -2.22. The van der Waals surface area contributed by atoms with Crippen LogP contribution in [-0.4, -0.2) is 42.0 Å². The highest BCUT2D eigenvalue weighted by atomic mass is 35.5. The van der Waals surface area contributed by atoms with E-state index in [4.69, 9.17) is 11.6 Å². The number of nitrogens with zero attached hydrogens (tertiary/aromatic N) is 3. The number of aromatic nitrogens is 1. The molecule has 1 aromatic carbocycles. The second kappa shape index (κ2) is 10.8. The van der Waals surface area contributed by atoms with Crippen LogP contribution in [0.25, 0.3) is 0 Å². The van der Waals surface area contributed by atoms with E-state index in [0.29, 0.717) is 25.2 Å². The van der Waals surface area contributed by atoms with Gasteiger partial charge in [-0.3, -0.25) is 9.79 Å². The molecule has 0 fully saturated rings. The maximum Gasteiger partial charge on any atom is 0.251 e. The second-order valence-electron chi connectivity index (χ2n) is 6.82. The zero-order valence-electron chi connectivity index (χ0n) is 17.1. The van der Waals surface area contributed by atoms with Gasteiger partial charge in [0.1, 0.15) is 0 Å². The maximum atomic E-state index is 12.1. The first kappa shape index (κ1) is 21.8. The number of rotatable bonds is 8. The quantitative estimate of drug-likeness (QED) is 0.403. The summed E-state index contributed by atoms with van der Waals surface area (Å²) in [5.74, 6) is 0.767. The lowest BCUT2D eigenvalue weighted by molar-refractivity contribution is 0.0953. The van der Waals surface area contributed by atoms with Crippen LogP contribution in [0.15, 0.2) is 41.5 Å². The summed E-state index contributed by atoms with van der Waals surface area (Å²) in [5, 5.41) is 7.02. The molecule has 0 radical (unpaired) electrons. The first-order chi connectivity index (χ1) is 13.4. The Morgan fingerprint density at radius 3 is 2.54 bits per heavy atom. The van der Waals surface area contributed by atoms with E-state index in [0.717, 1.165) is 35.1 Å². The van der Waals surface area contributed by atoms with Gasteiger partial charge in [0.15, 0.2) is 5.96 Å². The fraction of sp³-hybridized carbons (Fsp3) is 0.429. The molecule has 0 bridgehead atoms. The molecule has 6 nitrogen and oxygen atoms in total. The number of carbonyl (C=O) groups is 1. The molecule has 28 heavy (non-hydrogen) atoms. The summed E-state index contributed by atoms with van der Waals surface area (Å²) in [5.41, 5.74) is 2.87. The molecule has 0 aliphatic heterocycles. The molecule has 1 heterocycles. The average Bonchev–Trinajstić information content (AvgIpc) is 2.99. The van der Waals surface area contributed by atoms with Gasteiger partial charge in [0.25, 0.3) is 5.91 Å². The second-order valence-corrected chi connectivity index (χ2v) is 7.26. The normalized spacial score (nSPS) is 11.4. The van der Waals surface area contributed by atoms with E-state index in [1.165, 1.54) is 0 Å². The predicted molar refractivity (Wildman–Crippen MR) is 116 cm³/mol. The summed E-state index contributed by atoms with van der Waals surface area (Å²) < 4.78 is 2.01. The minimum Gasteiger partial charge on any atom is -0.352 e. The van der Waals surface area contributed by atoms with E-state index < -0.39 is 0 Å². The molecule has 2 rings (SSSR count). The van der Waals surface area contributed by atoms with Gasteiger partial charge in [-0.1, -0.05) is 37.1 Å². The van der Waals surface area contributed by atoms with E-state index in [2.05, 4.69) is 22.5 Å². The summed E-state index contributed by atoms with van der Waals surface area (Å²) >= 11 is 6.06. The first-order valence-corrected chi connectivity index (χ1v) is 9.92. The van der Waals surface area contributed by atoms with E-state index in [-0.39, 0.29) is 5.91 Å². The molecule has 0 saturated carbocycles. The Kier molecular flexibility index (Phi) is 8.39. The van der Waals surface area contributed by atoms with Gasteiger partial charge in [-0.15, -0.1) is 0 Å². The number of hydrogen-bond acceptors (Lipinski definition) is 2. The maximum absolute atomic E-state index is 12.1. The van der Waals surface area contributed by atoms with Gasteiger partial charge in [-0.2, -0.15) is 0 Å². The lowest BCUT2D eigenvalue weighted by atomic mass is 10.1. The summed E-state index contributed by atoms with van der Waals surface area (Å²) in [6.45, 7) is 4.14. The number of nitrogens with one attached hydrogen (secondary N) is 2. The smallest absolute Gasteiger partial charge is 0.251 e. The molecule has 0 aliphatic carbocycles. The molecule has 0 aliphatic rings. The highest BCUT2D eigenvalue weighted by Gasteiger charge is 2.10. The fourth-order valence-electron chi connectivity index (χ4n) is 2.86. The Morgan fingerprint density at radius 1 is 1.25 bits per heavy atom. The summed E-state index contributed by atoms with van der Waals surface area (Å²) in [4.78, 5) is 18.5. The van der Waals surface area contributed by atoms with Crippen molar-refractivity contribution >= 4 is 23.5 Å². The van der Waals surface area contributed by atoms with Gasteiger partial charge in [-0.05, 0) is 30.2 Å². The Bertz CT molecular complexity index is 798. The standard InChI is InChI=1S/C21H30ClN5O/c1-5-6-11-24-20(28)17-9-7-16(8-10-17)13-25-21(23-2)27(4)15-19-12-18(22)14-26(19)3/h7-10,12,14H,5-6,11,13,15H2,1-4H3,(H,23,25)(H,24,28). The van der Waals surface area contributed by atoms with Crippen molar-refractivity contribution in [2.45, 2.75) is 32.9 Å². The van der Waals surface area contributed by atoms with Gasteiger partial charge in [0, 0.05) is 51.7 Å². The van der Waals surface area contributed by atoms with Crippen LogP contribution in [0.5, 0.6) is 0 Å². The summed E-state index contributed by atoms with van der Waals surface area (Å²) in [6, 6.07) is 9.60. The van der Waals surface area contributed by atoms with Crippen molar-refractivity contribution in [3.05, 3.63) is 58.4 Å². The van der Waals surface area contributed by atoms with Crippen molar-refractivity contribution in [3.8, 4) is 0 Å². The Balaban J connectivity index is 1.88. The zero-order valence-corrected chi connectivity index (χ0v) is 17.9. The highest BCUT2D eigenvalue weighted by Crippen LogP contribution is 2.14. The molecule has 152 valence electrons. The van der Waals surface area contributed by atoms with Crippen molar-refractivity contribution in [1.82, 2.24) is 20.1 Å². The number of amides is 1. The minimum atomic E-state index is -0.0234. The fourth-order valence-corrected chi connectivity index (χ4v) is 3.13. The van der Waals surface area contributed by atoms with E-state index in [9.17, 15) is 4.79 Å². The van der Waals surface area contributed by atoms with E-state index in [1.54, 1.807) is 7.05 Å². The molecule has 2 aromatic rings.